The zero-order valence-electron chi connectivity index (χ0n) is 22.7. The lowest BCUT2D eigenvalue weighted by atomic mass is 10.1. The van der Waals surface area contributed by atoms with Crippen molar-refractivity contribution in [3.8, 4) is 0 Å². The molecule has 1 fully saturated rings. The molecule has 5 rings (SSSR count). The Hall–Kier alpha value is -4.43. The summed E-state index contributed by atoms with van der Waals surface area (Å²) < 4.78 is 53.3. The number of para-hydroxylation sites is 1. The molecule has 0 aliphatic carbocycles. The topological polar surface area (TPSA) is 131 Å². The van der Waals surface area contributed by atoms with Gasteiger partial charge in [0.15, 0.2) is 0 Å². The van der Waals surface area contributed by atoms with Crippen LogP contribution in [0.25, 0.3) is 10.9 Å². The minimum absolute atomic E-state index is 0.168. The van der Waals surface area contributed by atoms with E-state index in [0.29, 0.717) is 29.2 Å². The number of carbonyl (C=O) groups is 1. The molecule has 1 N–H and O–H groups in total. The number of halogens is 2. The van der Waals surface area contributed by atoms with Crippen molar-refractivity contribution >= 4 is 38.0 Å². The number of aromatic nitrogens is 2. The summed E-state index contributed by atoms with van der Waals surface area (Å²) in [6.07, 6.45) is 4.76. The minimum Gasteiger partial charge on any atom is -0.368 e. The van der Waals surface area contributed by atoms with Crippen LogP contribution in [0.2, 0.25) is 0 Å². The van der Waals surface area contributed by atoms with Gasteiger partial charge in [0.1, 0.15) is 22.9 Å². The summed E-state index contributed by atoms with van der Waals surface area (Å²) in [4.78, 5) is 29.2. The third-order valence-electron chi connectivity index (χ3n) is 7.26. The van der Waals surface area contributed by atoms with Crippen LogP contribution >= 0.6 is 0 Å². The third-order valence-corrected chi connectivity index (χ3v) is 8.99. The Balaban J connectivity index is 1.38. The van der Waals surface area contributed by atoms with Crippen LogP contribution in [0.3, 0.4) is 0 Å². The maximum Gasteiger partial charge on any atom is 0.305 e. The van der Waals surface area contributed by atoms with Crippen molar-refractivity contribution in [1.29, 1.82) is 0 Å². The molecule has 0 atom stereocenters. The van der Waals surface area contributed by atoms with E-state index in [1.807, 2.05) is 0 Å². The zero-order chi connectivity index (χ0) is 30.0. The van der Waals surface area contributed by atoms with Crippen molar-refractivity contribution in [3.05, 3.63) is 88.1 Å². The number of carbonyl (C=O) groups excluding carboxylic acids is 1. The highest BCUT2D eigenvalue weighted by atomic mass is 32.2. The fraction of sp³-hybridized carbons (Fsp3) is 0.286. The number of nitrogens with one attached hydrogen (secondary N) is 1. The second-order valence-electron chi connectivity index (χ2n) is 10.1. The molecule has 11 nitrogen and oxygen atoms in total. The molecule has 1 aliphatic rings. The smallest absolute Gasteiger partial charge is 0.305 e. The van der Waals surface area contributed by atoms with E-state index in [-0.39, 0.29) is 16.1 Å². The lowest BCUT2D eigenvalue weighted by molar-refractivity contribution is -0.384. The van der Waals surface area contributed by atoms with Crippen LogP contribution in [0.5, 0.6) is 0 Å². The Morgan fingerprint density at radius 3 is 2.45 bits per heavy atom. The average Bonchev–Trinajstić information content (AvgIpc) is 3.37. The molecule has 2 heterocycles. The summed E-state index contributed by atoms with van der Waals surface area (Å²) >= 11 is 0. The monoisotopic (exact) mass is 598 g/mol. The van der Waals surface area contributed by atoms with Crippen molar-refractivity contribution in [3.63, 3.8) is 0 Å². The molecular formula is C28H28F2N6O5S. The van der Waals surface area contributed by atoms with Gasteiger partial charge >= 0.3 is 5.69 Å². The number of fused-ring (bicyclic) bond motifs is 1. The quantitative estimate of drug-likeness (QED) is 0.222. The van der Waals surface area contributed by atoms with Gasteiger partial charge in [0.05, 0.1) is 26.4 Å². The van der Waals surface area contributed by atoms with E-state index in [4.69, 9.17) is 0 Å². The highest BCUT2D eigenvalue weighted by molar-refractivity contribution is 7.91. The number of nitro benzene ring substituents is 1. The summed E-state index contributed by atoms with van der Waals surface area (Å²) in [6.45, 7) is 3.28. The lowest BCUT2D eigenvalue weighted by Crippen LogP contribution is -2.36. The number of likely N-dealkylation sites (N-methyl/N-ethyl adjacent to an activating group) is 1. The molecule has 0 bridgehead atoms. The number of nitrogens with zero attached hydrogens (tertiary/aromatic N) is 5. The van der Waals surface area contributed by atoms with Crippen LogP contribution in [0, 0.1) is 21.7 Å². The second kappa shape index (κ2) is 11.8. The van der Waals surface area contributed by atoms with Gasteiger partial charge in [-0.2, -0.15) is 9.89 Å². The summed E-state index contributed by atoms with van der Waals surface area (Å²) in [5.74, 6) is -2.85. The number of hydrogen-bond donors (Lipinski definition) is 1. The summed E-state index contributed by atoms with van der Waals surface area (Å²) in [5.41, 5.74) is 2.61. The van der Waals surface area contributed by atoms with E-state index in [0.717, 1.165) is 49.4 Å². The molecule has 1 saturated heterocycles. The van der Waals surface area contributed by atoms with Crippen molar-refractivity contribution in [2.75, 3.05) is 43.6 Å². The Morgan fingerprint density at radius 1 is 1.05 bits per heavy atom. The number of hydrogen-bond acceptors (Lipinski definition) is 8. The van der Waals surface area contributed by atoms with Crippen molar-refractivity contribution in [2.45, 2.75) is 29.1 Å². The highest BCUT2D eigenvalue weighted by Crippen LogP contribution is 2.32. The van der Waals surface area contributed by atoms with Gasteiger partial charge in [-0.05, 0) is 68.4 Å². The first-order valence-electron chi connectivity index (χ1n) is 13.3. The minimum atomic E-state index is -4.26. The first-order chi connectivity index (χ1) is 20.0. The van der Waals surface area contributed by atoms with E-state index in [1.54, 1.807) is 24.1 Å². The number of rotatable bonds is 9. The average molecular weight is 599 g/mol. The fourth-order valence-electron chi connectivity index (χ4n) is 5.05. The van der Waals surface area contributed by atoms with Crippen LogP contribution in [0.4, 0.5) is 20.2 Å². The molecule has 42 heavy (non-hydrogen) atoms. The van der Waals surface area contributed by atoms with E-state index < -0.39 is 37.2 Å². The molecular weight excluding hydrogens is 570 g/mol. The van der Waals surface area contributed by atoms with Crippen LogP contribution < -0.4 is 10.3 Å². The summed E-state index contributed by atoms with van der Waals surface area (Å²) in [6, 6.07) is 10.4. The fourth-order valence-corrected chi connectivity index (χ4v) is 6.39. The van der Waals surface area contributed by atoms with Crippen LogP contribution in [0.15, 0.2) is 70.6 Å². The molecule has 0 unspecified atom stereocenters. The number of likely N-dealkylation sites (tertiary alicyclic amines) is 1. The van der Waals surface area contributed by atoms with Gasteiger partial charge in [0.2, 0.25) is 9.84 Å². The Morgan fingerprint density at radius 2 is 1.76 bits per heavy atom. The van der Waals surface area contributed by atoms with E-state index in [1.165, 1.54) is 36.9 Å². The molecule has 14 heteroatoms. The highest BCUT2D eigenvalue weighted by Gasteiger charge is 2.28. The van der Waals surface area contributed by atoms with Crippen LogP contribution in [0.1, 0.15) is 29.6 Å². The Bertz CT molecular complexity index is 1750. The van der Waals surface area contributed by atoms with Gasteiger partial charge in [-0.3, -0.25) is 14.9 Å². The molecule has 3 aromatic carbocycles. The van der Waals surface area contributed by atoms with Gasteiger partial charge in [-0.15, -0.1) is 0 Å². The van der Waals surface area contributed by atoms with Crippen LogP contribution in [-0.2, 0) is 9.84 Å². The van der Waals surface area contributed by atoms with Crippen molar-refractivity contribution in [2.24, 2.45) is 0 Å². The van der Waals surface area contributed by atoms with Crippen molar-refractivity contribution in [1.82, 2.24) is 14.8 Å². The summed E-state index contributed by atoms with van der Waals surface area (Å²) in [5, 5.41) is 16.5. The van der Waals surface area contributed by atoms with E-state index >= 15 is 0 Å². The second-order valence-corrected chi connectivity index (χ2v) is 12.0. The molecule has 0 spiro atoms. The first-order valence-corrected chi connectivity index (χ1v) is 14.7. The van der Waals surface area contributed by atoms with E-state index in [2.05, 4.69) is 15.4 Å². The van der Waals surface area contributed by atoms with Gasteiger partial charge in [0.25, 0.3) is 5.91 Å². The largest absolute Gasteiger partial charge is 0.368 e. The molecule has 0 radical (unpaired) electrons. The lowest BCUT2D eigenvalue weighted by Gasteiger charge is -2.29. The van der Waals surface area contributed by atoms with Gasteiger partial charge in [-0.1, -0.05) is 12.5 Å². The maximum atomic E-state index is 13.7. The number of anilines is 1. The van der Waals surface area contributed by atoms with Gasteiger partial charge < -0.3 is 9.80 Å². The van der Waals surface area contributed by atoms with Crippen molar-refractivity contribution < 1.29 is 26.9 Å². The van der Waals surface area contributed by atoms with Crippen LogP contribution in [-0.4, -0.2) is 67.3 Å². The predicted octanol–water partition coefficient (Wildman–Crippen LogP) is 4.36. The SMILES string of the molecule is CN(CCN1CCCCC1)c1cccc(C(=O)Nn2ncc3cc(S(=O)(=O)c4cc(F)cc(F)c4)ccc32)c1[N+](=O)[O-]. The Kier molecular flexibility index (Phi) is 8.18. The molecule has 4 aromatic rings. The standard InChI is InChI=1S/C28H28F2N6O5S/c1-33(12-13-34-10-3-2-4-11-34)26-7-5-6-24(27(26)36(38)39)28(37)32-35-25-9-8-22(14-19(25)18-31-35)42(40,41)23-16-20(29)15-21(30)17-23/h5-9,14-18H,2-4,10-13H2,1H3,(H,32,37). The molecule has 1 aromatic heterocycles. The molecule has 220 valence electrons. The van der Waals surface area contributed by atoms with E-state index in [9.17, 15) is 32.1 Å². The number of nitro groups is 1. The van der Waals surface area contributed by atoms with Gasteiger partial charge in [-0.25, -0.2) is 22.6 Å². The predicted molar refractivity (Wildman–Crippen MR) is 152 cm³/mol. The summed E-state index contributed by atoms with van der Waals surface area (Å²) in [7, 11) is -2.51. The third kappa shape index (κ3) is 5.94. The number of piperidine rings is 1. The number of sulfone groups is 1. The normalized spacial score (nSPS) is 14.2. The Labute approximate surface area is 240 Å². The molecule has 1 amide bonds. The first kappa shape index (κ1) is 29.1. The maximum absolute atomic E-state index is 13.7. The van der Waals surface area contributed by atoms with Gasteiger partial charge in [0, 0.05) is 31.6 Å². The molecule has 0 saturated carbocycles. The zero-order valence-corrected chi connectivity index (χ0v) is 23.5. The molecule has 1 aliphatic heterocycles. The number of benzene rings is 3. The number of amides is 1.